The number of alkyl halides is 1. The fourth-order valence-electron chi connectivity index (χ4n) is 1.49. The maximum atomic E-state index is 13.5. The van der Waals surface area contributed by atoms with E-state index in [4.69, 9.17) is 5.11 Å². The van der Waals surface area contributed by atoms with Crippen LogP contribution in [0.3, 0.4) is 0 Å². The third kappa shape index (κ3) is 2.41. The molecule has 0 aliphatic carbocycles. The van der Waals surface area contributed by atoms with Crippen LogP contribution in [0.15, 0.2) is 28.7 Å². The Kier molecular flexibility index (Phi) is 4.04. The van der Waals surface area contributed by atoms with E-state index in [-0.39, 0.29) is 12.0 Å². The number of carbonyl (C=O) groups is 1. The molecule has 0 saturated carbocycles. The van der Waals surface area contributed by atoms with Gasteiger partial charge in [-0.15, -0.1) is 0 Å². The number of benzene rings is 1. The molecule has 88 valence electrons. The average molecular weight is 291 g/mol. The summed E-state index contributed by atoms with van der Waals surface area (Å²) in [5, 5.41) is 18.7. The van der Waals surface area contributed by atoms with E-state index in [2.05, 4.69) is 15.9 Å². The number of carboxylic acids is 1. The minimum Gasteiger partial charge on any atom is -0.479 e. The lowest BCUT2D eigenvalue weighted by Gasteiger charge is -2.28. The van der Waals surface area contributed by atoms with Crippen molar-refractivity contribution in [2.45, 2.75) is 25.1 Å². The van der Waals surface area contributed by atoms with Crippen LogP contribution in [0.4, 0.5) is 4.39 Å². The summed E-state index contributed by atoms with van der Waals surface area (Å²) in [5.41, 5.74) is -1.74. The first-order chi connectivity index (χ1) is 7.41. The van der Waals surface area contributed by atoms with Crippen molar-refractivity contribution in [2.75, 3.05) is 0 Å². The molecule has 16 heavy (non-hydrogen) atoms. The Bertz CT molecular complexity index is 397. The summed E-state index contributed by atoms with van der Waals surface area (Å²) >= 11 is 3.19. The van der Waals surface area contributed by atoms with Crippen LogP contribution < -0.4 is 0 Å². The summed E-state index contributed by atoms with van der Waals surface area (Å²) in [6, 6.07) is 6.35. The minimum absolute atomic E-state index is 0.0169. The molecule has 0 radical (unpaired) electrons. The van der Waals surface area contributed by atoms with Crippen molar-refractivity contribution in [2.24, 2.45) is 0 Å². The maximum Gasteiger partial charge on any atom is 0.341 e. The number of carboxylic acid groups (broad SMARTS) is 1. The quantitative estimate of drug-likeness (QED) is 0.896. The van der Waals surface area contributed by atoms with Gasteiger partial charge in [0.15, 0.2) is 0 Å². The van der Waals surface area contributed by atoms with E-state index in [1.165, 1.54) is 19.1 Å². The molecule has 1 rings (SSSR count). The second-order valence-electron chi connectivity index (χ2n) is 3.49. The highest BCUT2D eigenvalue weighted by Crippen LogP contribution is 2.32. The molecule has 0 spiro atoms. The van der Waals surface area contributed by atoms with E-state index in [0.717, 1.165) is 0 Å². The third-order valence-electron chi connectivity index (χ3n) is 2.50. The molecule has 0 bridgehead atoms. The van der Waals surface area contributed by atoms with Gasteiger partial charge in [-0.3, -0.25) is 0 Å². The largest absolute Gasteiger partial charge is 0.479 e. The Morgan fingerprint density at radius 3 is 2.69 bits per heavy atom. The highest BCUT2D eigenvalue weighted by molar-refractivity contribution is 9.10. The third-order valence-corrected chi connectivity index (χ3v) is 2.99. The molecule has 2 N–H and O–H groups in total. The van der Waals surface area contributed by atoms with Gasteiger partial charge in [0.25, 0.3) is 0 Å². The van der Waals surface area contributed by atoms with Crippen molar-refractivity contribution in [3.8, 4) is 0 Å². The zero-order valence-corrected chi connectivity index (χ0v) is 10.2. The Balaban J connectivity index is 3.19. The molecule has 3 nitrogen and oxygen atoms in total. The van der Waals surface area contributed by atoms with Gasteiger partial charge in [0.1, 0.15) is 5.60 Å². The fourth-order valence-corrected chi connectivity index (χ4v) is 1.89. The Morgan fingerprint density at radius 1 is 1.62 bits per heavy atom. The molecule has 0 saturated heterocycles. The topological polar surface area (TPSA) is 57.5 Å². The van der Waals surface area contributed by atoms with Crippen LogP contribution in [-0.4, -0.2) is 22.4 Å². The SMILES string of the molecule is CCC(O)(c1cccc(Br)c1)C(F)C(=O)O. The Morgan fingerprint density at radius 2 is 2.25 bits per heavy atom. The number of hydrogen-bond acceptors (Lipinski definition) is 2. The molecule has 0 aliphatic heterocycles. The first-order valence-electron chi connectivity index (χ1n) is 4.77. The van der Waals surface area contributed by atoms with Gasteiger partial charge in [-0.2, -0.15) is 0 Å². The smallest absolute Gasteiger partial charge is 0.341 e. The predicted molar refractivity (Wildman–Crippen MR) is 60.9 cm³/mol. The fraction of sp³-hybridized carbons (Fsp3) is 0.364. The standard InChI is InChI=1S/C11H12BrFO3/c1-2-11(16,9(13)10(14)15)7-4-3-5-8(12)6-7/h3-6,9,16H,2H2,1H3,(H,14,15). The van der Waals surface area contributed by atoms with Crippen LogP contribution in [0, 0.1) is 0 Å². The van der Waals surface area contributed by atoms with Crippen molar-refractivity contribution in [1.29, 1.82) is 0 Å². The number of halogens is 2. The van der Waals surface area contributed by atoms with Crippen molar-refractivity contribution in [3.05, 3.63) is 34.3 Å². The molecule has 0 aliphatic rings. The predicted octanol–water partition coefficient (Wildman–Crippen LogP) is 2.47. The molecular formula is C11H12BrFO3. The molecular weight excluding hydrogens is 279 g/mol. The molecule has 0 aromatic heterocycles. The number of hydrogen-bond donors (Lipinski definition) is 2. The molecule has 0 fully saturated rings. The second kappa shape index (κ2) is 4.93. The van der Waals surface area contributed by atoms with Gasteiger partial charge in [-0.1, -0.05) is 35.0 Å². The van der Waals surface area contributed by atoms with Crippen LogP contribution in [0.2, 0.25) is 0 Å². The summed E-state index contributed by atoms with van der Waals surface area (Å²) in [5.74, 6) is -1.66. The summed E-state index contributed by atoms with van der Waals surface area (Å²) in [7, 11) is 0. The summed E-state index contributed by atoms with van der Waals surface area (Å²) in [4.78, 5) is 10.6. The van der Waals surface area contributed by atoms with Gasteiger partial charge >= 0.3 is 5.97 Å². The molecule has 2 unspecified atom stereocenters. The molecule has 2 atom stereocenters. The molecule has 1 aromatic rings. The highest BCUT2D eigenvalue weighted by Gasteiger charge is 2.42. The maximum absolute atomic E-state index is 13.5. The first-order valence-corrected chi connectivity index (χ1v) is 5.56. The number of aliphatic hydroxyl groups is 1. The van der Waals surface area contributed by atoms with E-state index in [1.54, 1.807) is 12.1 Å². The Labute approximate surface area is 101 Å². The lowest BCUT2D eigenvalue weighted by molar-refractivity contribution is -0.155. The lowest BCUT2D eigenvalue weighted by atomic mass is 9.86. The summed E-state index contributed by atoms with van der Waals surface area (Å²) in [6.45, 7) is 1.54. The zero-order chi connectivity index (χ0) is 12.3. The normalized spacial score (nSPS) is 16.5. The molecule has 0 amide bonds. The minimum atomic E-state index is -2.34. The van der Waals surface area contributed by atoms with Gasteiger partial charge in [0.2, 0.25) is 6.17 Å². The monoisotopic (exact) mass is 290 g/mol. The average Bonchev–Trinajstić information content (AvgIpc) is 2.26. The van der Waals surface area contributed by atoms with Crippen molar-refractivity contribution >= 4 is 21.9 Å². The van der Waals surface area contributed by atoms with Crippen LogP contribution in [-0.2, 0) is 10.4 Å². The van der Waals surface area contributed by atoms with E-state index < -0.39 is 17.7 Å². The van der Waals surface area contributed by atoms with Crippen molar-refractivity contribution in [1.82, 2.24) is 0 Å². The van der Waals surface area contributed by atoms with Crippen LogP contribution >= 0.6 is 15.9 Å². The molecule has 0 heterocycles. The van der Waals surface area contributed by atoms with Gasteiger partial charge in [0, 0.05) is 4.47 Å². The lowest BCUT2D eigenvalue weighted by Crippen LogP contribution is -2.41. The van der Waals surface area contributed by atoms with E-state index in [0.29, 0.717) is 4.47 Å². The van der Waals surface area contributed by atoms with Crippen molar-refractivity contribution < 1.29 is 19.4 Å². The first kappa shape index (κ1) is 13.1. The zero-order valence-electron chi connectivity index (χ0n) is 8.65. The van der Waals surface area contributed by atoms with Crippen LogP contribution in [0.25, 0.3) is 0 Å². The number of rotatable bonds is 4. The molecule has 1 aromatic carbocycles. The van der Waals surface area contributed by atoms with Crippen LogP contribution in [0.5, 0.6) is 0 Å². The van der Waals surface area contributed by atoms with Gasteiger partial charge in [-0.25, -0.2) is 9.18 Å². The van der Waals surface area contributed by atoms with Crippen LogP contribution in [0.1, 0.15) is 18.9 Å². The van der Waals surface area contributed by atoms with E-state index >= 15 is 0 Å². The van der Waals surface area contributed by atoms with Crippen molar-refractivity contribution in [3.63, 3.8) is 0 Å². The highest BCUT2D eigenvalue weighted by atomic mass is 79.9. The van der Waals surface area contributed by atoms with E-state index in [1.807, 2.05) is 0 Å². The Hall–Kier alpha value is -0.940. The summed E-state index contributed by atoms with van der Waals surface area (Å²) in [6.07, 6.45) is -2.36. The summed E-state index contributed by atoms with van der Waals surface area (Å²) < 4.78 is 14.2. The van der Waals surface area contributed by atoms with E-state index in [9.17, 15) is 14.3 Å². The van der Waals surface area contributed by atoms with Gasteiger partial charge in [-0.05, 0) is 24.1 Å². The number of aliphatic carboxylic acids is 1. The molecule has 5 heteroatoms. The van der Waals surface area contributed by atoms with Gasteiger partial charge < -0.3 is 10.2 Å². The second-order valence-corrected chi connectivity index (χ2v) is 4.40. The van der Waals surface area contributed by atoms with Gasteiger partial charge in [0.05, 0.1) is 0 Å².